The maximum absolute atomic E-state index is 4.52. The van der Waals surface area contributed by atoms with E-state index in [1.807, 2.05) is 0 Å². The molecule has 0 radical (unpaired) electrons. The smallest absolute Gasteiger partial charge is 0.0487 e. The van der Waals surface area contributed by atoms with Gasteiger partial charge in [-0.2, -0.15) is 0 Å². The van der Waals surface area contributed by atoms with Crippen LogP contribution in [-0.4, -0.2) is 0 Å². The number of hydrogen-bond donors (Lipinski definition) is 1. The van der Waals surface area contributed by atoms with Gasteiger partial charge < -0.3 is 0 Å². The van der Waals surface area contributed by atoms with Crippen molar-refractivity contribution in [2.24, 2.45) is 0 Å². The summed E-state index contributed by atoms with van der Waals surface area (Å²) >= 11 is 9.83. The van der Waals surface area contributed by atoms with E-state index in [1.165, 1.54) is 15.6 Å². The third-order valence-corrected chi connectivity index (χ3v) is 4.87. The number of aryl methyl sites for hydroxylation is 1. The standard InChI is InChI=1S/C10H9BrS2/c1-2-6-5-7-3-4-13-10(7)9(12)8(6)11/h3-5,12H,2H2,1H3. The molecule has 2 aromatic rings. The zero-order chi connectivity index (χ0) is 9.42. The van der Waals surface area contributed by atoms with E-state index in [-0.39, 0.29) is 0 Å². The Balaban J connectivity index is 2.83. The molecule has 0 amide bonds. The van der Waals surface area contributed by atoms with Crippen LogP contribution in [0.5, 0.6) is 0 Å². The molecular formula is C10H9BrS2. The summed E-state index contributed by atoms with van der Waals surface area (Å²) in [7, 11) is 0. The summed E-state index contributed by atoms with van der Waals surface area (Å²) in [4.78, 5) is 1.07. The van der Waals surface area contributed by atoms with E-state index in [1.54, 1.807) is 11.3 Å². The topological polar surface area (TPSA) is 0 Å². The van der Waals surface area contributed by atoms with Crippen LogP contribution in [0.1, 0.15) is 12.5 Å². The van der Waals surface area contributed by atoms with Crippen molar-refractivity contribution in [2.75, 3.05) is 0 Å². The molecule has 0 spiro atoms. The number of thiophene rings is 1. The molecule has 0 saturated carbocycles. The first-order valence-corrected chi connectivity index (χ1v) is 6.23. The molecule has 0 atom stereocenters. The summed E-state index contributed by atoms with van der Waals surface area (Å²) in [5.41, 5.74) is 1.33. The van der Waals surface area contributed by atoms with Gasteiger partial charge in [-0.15, -0.1) is 24.0 Å². The number of halogens is 1. The van der Waals surface area contributed by atoms with Crippen molar-refractivity contribution >= 4 is 50.0 Å². The molecule has 0 bridgehead atoms. The van der Waals surface area contributed by atoms with E-state index in [4.69, 9.17) is 0 Å². The van der Waals surface area contributed by atoms with Gasteiger partial charge in [0, 0.05) is 14.1 Å². The Hall–Kier alpha value is 0.01000. The van der Waals surface area contributed by atoms with Gasteiger partial charge in [0.25, 0.3) is 0 Å². The van der Waals surface area contributed by atoms with Crippen LogP contribution in [0.25, 0.3) is 10.1 Å². The van der Waals surface area contributed by atoms with E-state index in [0.29, 0.717) is 0 Å². The first-order valence-electron chi connectivity index (χ1n) is 4.11. The van der Waals surface area contributed by atoms with Crippen LogP contribution in [0.3, 0.4) is 0 Å². The summed E-state index contributed by atoms with van der Waals surface area (Å²) < 4.78 is 2.42. The molecule has 0 aliphatic rings. The van der Waals surface area contributed by atoms with Crippen LogP contribution in [0.15, 0.2) is 26.9 Å². The highest BCUT2D eigenvalue weighted by atomic mass is 79.9. The summed E-state index contributed by atoms with van der Waals surface area (Å²) in [6.45, 7) is 2.16. The number of hydrogen-bond acceptors (Lipinski definition) is 2. The Kier molecular flexibility index (Phi) is 2.67. The molecule has 3 heteroatoms. The lowest BCUT2D eigenvalue weighted by molar-refractivity contribution is 1.12. The molecule has 0 fully saturated rings. The van der Waals surface area contributed by atoms with E-state index in [2.05, 4.69) is 53.0 Å². The van der Waals surface area contributed by atoms with Crippen molar-refractivity contribution in [3.63, 3.8) is 0 Å². The average molecular weight is 273 g/mol. The molecule has 13 heavy (non-hydrogen) atoms. The molecule has 0 aliphatic carbocycles. The number of thiol groups is 1. The van der Waals surface area contributed by atoms with E-state index >= 15 is 0 Å². The van der Waals surface area contributed by atoms with Crippen LogP contribution >= 0.6 is 39.9 Å². The van der Waals surface area contributed by atoms with Crippen molar-refractivity contribution in [1.29, 1.82) is 0 Å². The van der Waals surface area contributed by atoms with Gasteiger partial charge in [-0.3, -0.25) is 0 Å². The molecule has 68 valence electrons. The minimum atomic E-state index is 1.04. The second-order valence-corrected chi connectivity index (χ2v) is 5.05. The van der Waals surface area contributed by atoms with E-state index < -0.39 is 0 Å². The average Bonchev–Trinajstić information content (AvgIpc) is 2.59. The normalized spacial score (nSPS) is 11.0. The van der Waals surface area contributed by atoms with Crippen molar-refractivity contribution in [3.05, 3.63) is 27.5 Å². The predicted molar refractivity (Wildman–Crippen MR) is 66.2 cm³/mol. The number of benzene rings is 1. The minimum absolute atomic E-state index is 1.04. The molecule has 0 N–H and O–H groups in total. The van der Waals surface area contributed by atoms with E-state index in [9.17, 15) is 0 Å². The van der Waals surface area contributed by atoms with Crippen LogP contribution in [0, 0.1) is 0 Å². The molecule has 0 aliphatic heterocycles. The molecule has 2 rings (SSSR count). The van der Waals surface area contributed by atoms with Gasteiger partial charge in [0.15, 0.2) is 0 Å². The molecule has 0 saturated heterocycles. The maximum atomic E-state index is 4.52. The Labute approximate surface area is 95.5 Å². The van der Waals surface area contributed by atoms with Gasteiger partial charge in [0.05, 0.1) is 0 Å². The van der Waals surface area contributed by atoms with Gasteiger partial charge >= 0.3 is 0 Å². The lowest BCUT2D eigenvalue weighted by Gasteiger charge is -2.05. The van der Waals surface area contributed by atoms with Crippen LogP contribution in [0.4, 0.5) is 0 Å². The van der Waals surface area contributed by atoms with Crippen LogP contribution in [0.2, 0.25) is 0 Å². The van der Waals surface area contributed by atoms with Gasteiger partial charge in [-0.05, 0) is 50.8 Å². The Morgan fingerprint density at radius 2 is 2.31 bits per heavy atom. The third kappa shape index (κ3) is 1.53. The van der Waals surface area contributed by atoms with Crippen LogP contribution in [-0.2, 0) is 6.42 Å². The van der Waals surface area contributed by atoms with Gasteiger partial charge in [-0.25, -0.2) is 0 Å². The minimum Gasteiger partial charge on any atom is -0.143 e. The molecule has 1 aromatic heterocycles. The highest BCUT2D eigenvalue weighted by Gasteiger charge is 2.07. The summed E-state index contributed by atoms with van der Waals surface area (Å²) in [5, 5.41) is 3.41. The summed E-state index contributed by atoms with van der Waals surface area (Å²) in [6.07, 6.45) is 1.04. The quantitative estimate of drug-likeness (QED) is 0.726. The fraction of sp³-hybridized carbons (Fsp3) is 0.200. The monoisotopic (exact) mass is 272 g/mol. The largest absolute Gasteiger partial charge is 0.143 e. The second-order valence-electron chi connectivity index (χ2n) is 2.89. The molecule has 0 unspecified atom stereocenters. The zero-order valence-electron chi connectivity index (χ0n) is 7.17. The summed E-state index contributed by atoms with van der Waals surface area (Å²) in [6, 6.07) is 4.38. The fourth-order valence-corrected chi connectivity index (χ4v) is 3.37. The van der Waals surface area contributed by atoms with Crippen molar-refractivity contribution in [1.82, 2.24) is 0 Å². The second kappa shape index (κ2) is 3.64. The molecule has 0 nitrogen and oxygen atoms in total. The third-order valence-electron chi connectivity index (χ3n) is 2.11. The highest BCUT2D eigenvalue weighted by Crippen LogP contribution is 2.36. The molecule has 1 heterocycles. The van der Waals surface area contributed by atoms with Crippen molar-refractivity contribution in [3.8, 4) is 0 Å². The first kappa shape index (κ1) is 9.56. The van der Waals surface area contributed by atoms with Gasteiger partial charge in [-0.1, -0.05) is 6.92 Å². The number of fused-ring (bicyclic) bond motifs is 1. The lowest BCUT2D eigenvalue weighted by Crippen LogP contribution is -1.83. The van der Waals surface area contributed by atoms with Crippen molar-refractivity contribution < 1.29 is 0 Å². The Morgan fingerprint density at radius 3 is 3.00 bits per heavy atom. The zero-order valence-corrected chi connectivity index (χ0v) is 10.5. The maximum Gasteiger partial charge on any atom is 0.0487 e. The molecule has 1 aromatic carbocycles. The van der Waals surface area contributed by atoms with Gasteiger partial charge in [0.1, 0.15) is 0 Å². The number of rotatable bonds is 1. The highest BCUT2D eigenvalue weighted by molar-refractivity contribution is 9.10. The Bertz CT molecular complexity index is 445. The van der Waals surface area contributed by atoms with Crippen molar-refractivity contribution in [2.45, 2.75) is 18.2 Å². The SMILES string of the molecule is CCc1cc2ccsc2c(S)c1Br. The predicted octanol–water partition coefficient (Wildman–Crippen LogP) is 4.51. The fourth-order valence-electron chi connectivity index (χ4n) is 1.39. The molecular weight excluding hydrogens is 264 g/mol. The van der Waals surface area contributed by atoms with Gasteiger partial charge in [0.2, 0.25) is 0 Å². The van der Waals surface area contributed by atoms with Crippen LogP contribution < -0.4 is 0 Å². The summed E-state index contributed by atoms with van der Waals surface area (Å²) in [5.74, 6) is 0. The Morgan fingerprint density at radius 1 is 1.54 bits per heavy atom. The first-order chi connectivity index (χ1) is 6.24. The lowest BCUT2D eigenvalue weighted by atomic mass is 10.1. The van der Waals surface area contributed by atoms with E-state index in [0.717, 1.165) is 15.8 Å².